The van der Waals surface area contributed by atoms with Gasteiger partial charge >= 0.3 is 0 Å². The van der Waals surface area contributed by atoms with E-state index in [9.17, 15) is 0 Å². The number of benzene rings is 1. The number of nitrogens with two attached hydrogens (primary N) is 1. The van der Waals surface area contributed by atoms with Crippen molar-refractivity contribution in [3.8, 4) is 5.75 Å². The number of ether oxygens (including phenoxy) is 2. The Morgan fingerprint density at radius 2 is 2.05 bits per heavy atom. The van der Waals surface area contributed by atoms with Crippen molar-refractivity contribution >= 4 is 0 Å². The summed E-state index contributed by atoms with van der Waals surface area (Å²) in [6, 6.07) is 8.72. The van der Waals surface area contributed by atoms with Gasteiger partial charge in [0.1, 0.15) is 5.75 Å². The summed E-state index contributed by atoms with van der Waals surface area (Å²) < 4.78 is 11.3. The fourth-order valence-electron chi connectivity index (χ4n) is 2.55. The molecule has 1 aliphatic rings. The highest BCUT2D eigenvalue weighted by Gasteiger charge is 2.16. The average molecular weight is 278 g/mol. The zero-order valence-electron chi connectivity index (χ0n) is 12.4. The largest absolute Gasteiger partial charge is 0.493 e. The van der Waals surface area contributed by atoms with Crippen LogP contribution in [0.5, 0.6) is 5.75 Å². The van der Waals surface area contributed by atoms with E-state index >= 15 is 0 Å². The van der Waals surface area contributed by atoms with Crippen LogP contribution in [0.1, 0.15) is 18.9 Å². The van der Waals surface area contributed by atoms with Crippen LogP contribution in [0.2, 0.25) is 0 Å². The minimum atomic E-state index is 0.542. The Morgan fingerprint density at radius 1 is 1.30 bits per heavy atom. The second-order valence-corrected chi connectivity index (χ2v) is 5.28. The molecule has 0 bridgehead atoms. The molecular formula is C16H26N2O2. The molecule has 4 heteroatoms. The van der Waals surface area contributed by atoms with Crippen LogP contribution in [0.3, 0.4) is 0 Å². The first kappa shape index (κ1) is 15.3. The van der Waals surface area contributed by atoms with Gasteiger partial charge in [-0.15, -0.1) is 0 Å². The molecule has 0 saturated carbocycles. The summed E-state index contributed by atoms with van der Waals surface area (Å²) in [6.45, 7) is 7.44. The van der Waals surface area contributed by atoms with Gasteiger partial charge < -0.3 is 15.2 Å². The minimum Gasteiger partial charge on any atom is -0.493 e. The summed E-state index contributed by atoms with van der Waals surface area (Å²) in [5, 5.41) is 0. The van der Waals surface area contributed by atoms with Gasteiger partial charge in [0.2, 0.25) is 0 Å². The SMILES string of the molecule is CC(CCOc1ccccc1CCN)N1CCOCC1. The van der Waals surface area contributed by atoms with Gasteiger partial charge in [-0.2, -0.15) is 0 Å². The first-order valence-corrected chi connectivity index (χ1v) is 7.54. The molecule has 0 amide bonds. The zero-order chi connectivity index (χ0) is 14.2. The lowest BCUT2D eigenvalue weighted by Crippen LogP contribution is -2.42. The topological polar surface area (TPSA) is 47.7 Å². The van der Waals surface area contributed by atoms with Gasteiger partial charge in [-0.25, -0.2) is 0 Å². The highest BCUT2D eigenvalue weighted by molar-refractivity contribution is 5.33. The summed E-state index contributed by atoms with van der Waals surface area (Å²) >= 11 is 0. The molecule has 1 fully saturated rings. The van der Waals surface area contributed by atoms with Crippen molar-refractivity contribution in [1.82, 2.24) is 4.90 Å². The van der Waals surface area contributed by atoms with Crippen LogP contribution in [0.15, 0.2) is 24.3 Å². The van der Waals surface area contributed by atoms with E-state index in [1.54, 1.807) is 0 Å². The van der Waals surface area contributed by atoms with Crippen LogP contribution in [-0.2, 0) is 11.2 Å². The highest BCUT2D eigenvalue weighted by atomic mass is 16.5. The smallest absolute Gasteiger partial charge is 0.122 e. The lowest BCUT2D eigenvalue weighted by atomic mass is 10.1. The maximum absolute atomic E-state index is 5.94. The van der Waals surface area contributed by atoms with Gasteiger partial charge in [0.05, 0.1) is 19.8 Å². The Kier molecular flexibility index (Phi) is 6.30. The van der Waals surface area contributed by atoms with Gasteiger partial charge in [0.15, 0.2) is 0 Å². The first-order valence-electron chi connectivity index (χ1n) is 7.54. The Morgan fingerprint density at radius 3 is 2.80 bits per heavy atom. The summed E-state index contributed by atoms with van der Waals surface area (Å²) in [7, 11) is 0. The number of nitrogens with zero attached hydrogens (tertiary/aromatic N) is 1. The van der Waals surface area contributed by atoms with Gasteiger partial charge in [0, 0.05) is 19.1 Å². The normalized spacial score (nSPS) is 17.9. The van der Waals surface area contributed by atoms with Crippen LogP contribution >= 0.6 is 0 Å². The number of rotatable bonds is 7. The van der Waals surface area contributed by atoms with Crippen molar-refractivity contribution in [1.29, 1.82) is 0 Å². The van der Waals surface area contributed by atoms with Crippen molar-refractivity contribution in [2.24, 2.45) is 5.73 Å². The van der Waals surface area contributed by atoms with Gasteiger partial charge in [-0.3, -0.25) is 4.90 Å². The second kappa shape index (κ2) is 8.25. The lowest BCUT2D eigenvalue weighted by Gasteiger charge is -2.32. The lowest BCUT2D eigenvalue weighted by molar-refractivity contribution is 0.0161. The Labute approximate surface area is 121 Å². The molecule has 4 nitrogen and oxygen atoms in total. The van der Waals surface area contributed by atoms with Crippen LogP contribution in [0.25, 0.3) is 0 Å². The number of hydrogen-bond acceptors (Lipinski definition) is 4. The first-order chi connectivity index (χ1) is 9.81. The highest BCUT2D eigenvalue weighted by Crippen LogP contribution is 2.19. The van der Waals surface area contributed by atoms with Crippen molar-refractivity contribution in [3.63, 3.8) is 0 Å². The summed E-state index contributed by atoms with van der Waals surface area (Å²) in [6.07, 6.45) is 1.91. The third-order valence-corrected chi connectivity index (χ3v) is 3.85. The molecule has 2 rings (SSSR count). The zero-order valence-corrected chi connectivity index (χ0v) is 12.4. The van der Waals surface area contributed by atoms with E-state index in [1.807, 2.05) is 18.2 Å². The molecule has 1 aliphatic heterocycles. The number of hydrogen-bond donors (Lipinski definition) is 1. The molecule has 1 saturated heterocycles. The van der Waals surface area contributed by atoms with Gasteiger partial charge in [0.25, 0.3) is 0 Å². The number of para-hydroxylation sites is 1. The molecule has 1 atom stereocenters. The molecular weight excluding hydrogens is 252 g/mol. The predicted molar refractivity (Wildman–Crippen MR) is 81.2 cm³/mol. The maximum atomic E-state index is 5.94. The molecule has 1 heterocycles. The van der Waals surface area contributed by atoms with Crippen LogP contribution in [0, 0.1) is 0 Å². The van der Waals surface area contributed by atoms with E-state index in [0.717, 1.165) is 51.5 Å². The average Bonchev–Trinajstić information content (AvgIpc) is 2.50. The van der Waals surface area contributed by atoms with E-state index < -0.39 is 0 Å². The van der Waals surface area contributed by atoms with Crippen molar-refractivity contribution < 1.29 is 9.47 Å². The quantitative estimate of drug-likeness (QED) is 0.824. The predicted octanol–water partition coefficient (Wildman–Crippen LogP) is 1.68. The molecule has 1 aromatic carbocycles. The monoisotopic (exact) mass is 278 g/mol. The summed E-state index contributed by atoms with van der Waals surface area (Å²) in [4.78, 5) is 2.47. The molecule has 0 aromatic heterocycles. The summed E-state index contributed by atoms with van der Waals surface area (Å²) in [5.41, 5.74) is 6.83. The molecule has 0 radical (unpaired) electrons. The van der Waals surface area contributed by atoms with Crippen LogP contribution in [-0.4, -0.2) is 50.4 Å². The third-order valence-electron chi connectivity index (χ3n) is 3.85. The summed E-state index contributed by atoms with van der Waals surface area (Å²) in [5.74, 6) is 0.979. The van der Waals surface area contributed by atoms with Gasteiger partial charge in [-0.05, 0) is 37.9 Å². The standard InChI is InChI=1S/C16H26N2O2/c1-14(18-9-12-19-13-10-18)7-11-20-16-5-3-2-4-15(16)6-8-17/h2-5,14H,6-13,17H2,1H3. The molecule has 0 spiro atoms. The Hall–Kier alpha value is -1.10. The van der Waals surface area contributed by atoms with Crippen molar-refractivity contribution in [3.05, 3.63) is 29.8 Å². The fourth-order valence-corrected chi connectivity index (χ4v) is 2.55. The van der Waals surface area contributed by atoms with E-state index in [0.29, 0.717) is 12.6 Å². The van der Waals surface area contributed by atoms with Crippen molar-refractivity contribution in [2.45, 2.75) is 25.8 Å². The van der Waals surface area contributed by atoms with Crippen LogP contribution in [0.4, 0.5) is 0 Å². The van der Waals surface area contributed by atoms with E-state index in [4.69, 9.17) is 15.2 Å². The molecule has 20 heavy (non-hydrogen) atoms. The fraction of sp³-hybridized carbons (Fsp3) is 0.625. The Bertz CT molecular complexity index is 392. The Balaban J connectivity index is 1.77. The maximum Gasteiger partial charge on any atom is 0.122 e. The molecule has 1 unspecified atom stereocenters. The molecule has 1 aromatic rings. The molecule has 112 valence electrons. The third kappa shape index (κ3) is 4.47. The number of morpholine rings is 1. The van der Waals surface area contributed by atoms with Crippen molar-refractivity contribution in [2.75, 3.05) is 39.5 Å². The van der Waals surface area contributed by atoms with E-state index in [-0.39, 0.29) is 0 Å². The van der Waals surface area contributed by atoms with E-state index in [1.165, 1.54) is 5.56 Å². The van der Waals surface area contributed by atoms with Gasteiger partial charge in [-0.1, -0.05) is 18.2 Å². The second-order valence-electron chi connectivity index (χ2n) is 5.28. The van der Waals surface area contributed by atoms with Crippen LogP contribution < -0.4 is 10.5 Å². The molecule has 0 aliphatic carbocycles. The molecule has 2 N–H and O–H groups in total. The minimum absolute atomic E-state index is 0.542. The van der Waals surface area contributed by atoms with E-state index in [2.05, 4.69) is 17.9 Å².